The summed E-state index contributed by atoms with van der Waals surface area (Å²) >= 11 is 0. The lowest BCUT2D eigenvalue weighted by molar-refractivity contribution is -0.141. The number of carbonyl (C=O) groups excluding carboxylic acids is 1. The maximum absolute atomic E-state index is 12.0. The highest BCUT2D eigenvalue weighted by Gasteiger charge is 2.29. The van der Waals surface area contributed by atoms with Crippen LogP contribution in [0.4, 0.5) is 0 Å². The third-order valence-electron chi connectivity index (χ3n) is 3.42. The molecule has 1 heterocycles. The number of sulfonamides is 1. The summed E-state index contributed by atoms with van der Waals surface area (Å²) in [5, 5.41) is 8.80. The molecule has 0 bridgehead atoms. The molecule has 22 heavy (non-hydrogen) atoms. The van der Waals surface area contributed by atoms with Gasteiger partial charge in [-0.25, -0.2) is 8.42 Å². The third kappa shape index (κ3) is 6.29. The van der Waals surface area contributed by atoms with E-state index in [1.54, 1.807) is 4.90 Å². The average Bonchev–Trinajstić information content (AvgIpc) is 2.43. The fraction of sp³-hybridized carbons (Fsp3) is 0.846. The molecule has 1 rings (SSSR count). The Morgan fingerprint density at radius 2 is 2.09 bits per heavy atom. The molecule has 1 saturated heterocycles. The zero-order valence-electron chi connectivity index (χ0n) is 13.0. The van der Waals surface area contributed by atoms with Crippen LogP contribution in [0.5, 0.6) is 0 Å². The number of unbranched alkanes of at least 4 members (excludes halogenated alkanes) is 1. The van der Waals surface area contributed by atoms with Crippen LogP contribution in [0.1, 0.15) is 26.2 Å². The molecule has 128 valence electrons. The van der Waals surface area contributed by atoms with E-state index in [1.165, 1.54) is 0 Å². The first-order chi connectivity index (χ1) is 10.2. The SMILES string of the molecule is CCCCC(=O)N1CCOC(CN(CC(=O)O)S(C)(=O)=O)C1. The largest absolute Gasteiger partial charge is 0.480 e. The van der Waals surface area contributed by atoms with Crippen molar-refractivity contribution in [2.75, 3.05) is 39.0 Å². The van der Waals surface area contributed by atoms with Crippen LogP contribution in [-0.4, -0.2) is 79.8 Å². The van der Waals surface area contributed by atoms with E-state index in [-0.39, 0.29) is 19.0 Å². The number of carbonyl (C=O) groups is 2. The molecule has 1 unspecified atom stereocenters. The van der Waals surface area contributed by atoms with Crippen LogP contribution in [0.2, 0.25) is 0 Å². The Balaban J connectivity index is 2.63. The van der Waals surface area contributed by atoms with Crippen LogP contribution in [-0.2, 0) is 24.3 Å². The first-order valence-electron chi connectivity index (χ1n) is 7.30. The van der Waals surface area contributed by atoms with Gasteiger partial charge in [0, 0.05) is 26.1 Å². The van der Waals surface area contributed by atoms with Gasteiger partial charge in [0.15, 0.2) is 0 Å². The van der Waals surface area contributed by atoms with E-state index >= 15 is 0 Å². The van der Waals surface area contributed by atoms with Crippen LogP contribution in [0, 0.1) is 0 Å². The standard InChI is InChI=1S/C13H24N2O6S/c1-3-4-5-12(16)14-6-7-21-11(8-14)9-15(10-13(17)18)22(2,19)20/h11H,3-10H2,1-2H3,(H,17,18). The molecule has 0 spiro atoms. The van der Waals surface area contributed by atoms with E-state index < -0.39 is 28.6 Å². The lowest BCUT2D eigenvalue weighted by Gasteiger charge is -2.35. The smallest absolute Gasteiger partial charge is 0.318 e. The van der Waals surface area contributed by atoms with E-state index in [0.29, 0.717) is 19.6 Å². The summed E-state index contributed by atoms with van der Waals surface area (Å²) in [5.74, 6) is -1.20. The number of ether oxygens (including phenoxy) is 1. The van der Waals surface area contributed by atoms with E-state index in [0.717, 1.165) is 23.4 Å². The predicted molar refractivity (Wildman–Crippen MR) is 79.9 cm³/mol. The van der Waals surface area contributed by atoms with Crippen LogP contribution >= 0.6 is 0 Å². The summed E-state index contributed by atoms with van der Waals surface area (Å²) in [6.07, 6.45) is 2.67. The Hall–Kier alpha value is -1.19. The van der Waals surface area contributed by atoms with Crippen LogP contribution in [0.25, 0.3) is 0 Å². The van der Waals surface area contributed by atoms with Gasteiger partial charge in [-0.3, -0.25) is 9.59 Å². The minimum atomic E-state index is -3.64. The summed E-state index contributed by atoms with van der Waals surface area (Å²) in [7, 11) is -3.64. The molecule has 0 aromatic rings. The van der Waals surface area contributed by atoms with Crippen molar-refractivity contribution in [3.8, 4) is 0 Å². The van der Waals surface area contributed by atoms with Gasteiger partial charge in [0.2, 0.25) is 15.9 Å². The van der Waals surface area contributed by atoms with E-state index in [2.05, 4.69) is 0 Å². The van der Waals surface area contributed by atoms with Gasteiger partial charge in [-0.05, 0) is 6.42 Å². The number of hydrogen-bond acceptors (Lipinski definition) is 5. The van der Waals surface area contributed by atoms with Gasteiger partial charge in [0.25, 0.3) is 0 Å². The zero-order valence-corrected chi connectivity index (χ0v) is 13.8. The maximum Gasteiger partial charge on any atom is 0.318 e. The van der Waals surface area contributed by atoms with Crippen molar-refractivity contribution in [1.29, 1.82) is 0 Å². The third-order valence-corrected chi connectivity index (χ3v) is 4.64. The highest BCUT2D eigenvalue weighted by atomic mass is 32.2. The number of amides is 1. The zero-order chi connectivity index (χ0) is 16.8. The topological polar surface area (TPSA) is 104 Å². The summed E-state index contributed by atoms with van der Waals surface area (Å²) in [5.41, 5.74) is 0. The molecule has 1 amide bonds. The highest BCUT2D eigenvalue weighted by Crippen LogP contribution is 2.11. The summed E-state index contributed by atoms with van der Waals surface area (Å²) < 4.78 is 29.6. The number of rotatable bonds is 8. The summed E-state index contributed by atoms with van der Waals surface area (Å²) in [6.45, 7) is 2.43. The molecule has 0 aliphatic carbocycles. The van der Waals surface area contributed by atoms with Gasteiger partial charge in [0.1, 0.15) is 6.54 Å². The molecule has 1 aliphatic rings. The van der Waals surface area contributed by atoms with Crippen LogP contribution in [0.3, 0.4) is 0 Å². The van der Waals surface area contributed by atoms with Crippen molar-refractivity contribution >= 4 is 21.9 Å². The van der Waals surface area contributed by atoms with Crippen LogP contribution in [0.15, 0.2) is 0 Å². The number of carboxylic acid groups (broad SMARTS) is 1. The summed E-state index contributed by atoms with van der Waals surface area (Å²) in [4.78, 5) is 24.4. The van der Waals surface area contributed by atoms with Gasteiger partial charge < -0.3 is 14.7 Å². The van der Waals surface area contributed by atoms with Gasteiger partial charge >= 0.3 is 5.97 Å². The van der Waals surface area contributed by atoms with Gasteiger partial charge in [-0.2, -0.15) is 4.31 Å². The van der Waals surface area contributed by atoms with E-state index in [1.807, 2.05) is 6.92 Å². The minimum absolute atomic E-state index is 0.0271. The molecule has 0 aromatic heterocycles. The predicted octanol–water partition coefficient (Wildman–Crippen LogP) is -0.250. The minimum Gasteiger partial charge on any atom is -0.480 e. The first-order valence-corrected chi connectivity index (χ1v) is 9.15. The van der Waals surface area contributed by atoms with Gasteiger partial charge in [-0.15, -0.1) is 0 Å². The monoisotopic (exact) mass is 336 g/mol. The molecule has 1 aliphatic heterocycles. The lowest BCUT2D eigenvalue weighted by Crippen LogP contribution is -2.51. The molecular weight excluding hydrogens is 312 g/mol. The number of nitrogens with zero attached hydrogens (tertiary/aromatic N) is 2. The summed E-state index contributed by atoms with van der Waals surface area (Å²) in [6, 6.07) is 0. The number of carboxylic acids is 1. The number of hydrogen-bond donors (Lipinski definition) is 1. The lowest BCUT2D eigenvalue weighted by atomic mass is 10.2. The van der Waals surface area contributed by atoms with Crippen molar-refractivity contribution < 1.29 is 27.9 Å². The molecule has 0 radical (unpaired) electrons. The normalized spacial score (nSPS) is 19.4. The Morgan fingerprint density at radius 3 is 2.64 bits per heavy atom. The van der Waals surface area contributed by atoms with Gasteiger partial charge in [-0.1, -0.05) is 13.3 Å². The molecule has 8 nitrogen and oxygen atoms in total. The Labute approximate surface area is 131 Å². The van der Waals surface area contributed by atoms with E-state index in [4.69, 9.17) is 9.84 Å². The Bertz CT molecular complexity index is 493. The molecular formula is C13H24N2O6S. The van der Waals surface area contributed by atoms with Crippen molar-refractivity contribution in [2.24, 2.45) is 0 Å². The second kappa shape index (κ2) is 8.44. The van der Waals surface area contributed by atoms with Crippen molar-refractivity contribution in [1.82, 2.24) is 9.21 Å². The molecule has 9 heteroatoms. The Morgan fingerprint density at radius 1 is 1.41 bits per heavy atom. The number of aliphatic carboxylic acids is 1. The van der Waals surface area contributed by atoms with Crippen molar-refractivity contribution in [2.45, 2.75) is 32.3 Å². The molecule has 1 N–H and O–H groups in total. The molecule has 0 aromatic carbocycles. The molecule has 1 atom stereocenters. The Kier molecular flexibility index (Phi) is 7.24. The quantitative estimate of drug-likeness (QED) is 0.655. The van der Waals surface area contributed by atoms with Crippen molar-refractivity contribution in [3.05, 3.63) is 0 Å². The molecule has 1 fully saturated rings. The average molecular weight is 336 g/mol. The second-order valence-electron chi connectivity index (χ2n) is 5.39. The second-order valence-corrected chi connectivity index (χ2v) is 7.37. The molecule has 0 saturated carbocycles. The number of morpholine rings is 1. The fourth-order valence-electron chi connectivity index (χ4n) is 2.24. The maximum atomic E-state index is 12.0. The van der Waals surface area contributed by atoms with Crippen molar-refractivity contribution in [3.63, 3.8) is 0 Å². The van der Waals surface area contributed by atoms with Gasteiger partial charge in [0.05, 0.1) is 19.0 Å². The fourth-order valence-corrected chi connectivity index (χ4v) is 3.02. The van der Waals surface area contributed by atoms with E-state index in [9.17, 15) is 18.0 Å². The highest BCUT2D eigenvalue weighted by molar-refractivity contribution is 7.88. The van der Waals surface area contributed by atoms with Crippen LogP contribution < -0.4 is 0 Å². The first kappa shape index (κ1) is 18.9.